The fourth-order valence-corrected chi connectivity index (χ4v) is 3.56. The largest absolute Gasteiger partial charge is 0.318 e. The summed E-state index contributed by atoms with van der Waals surface area (Å²) in [4.78, 5) is 12.6. The second-order valence-corrected chi connectivity index (χ2v) is 7.50. The van der Waals surface area contributed by atoms with E-state index in [1.165, 1.54) is 18.3 Å². The third-order valence-corrected chi connectivity index (χ3v) is 5.10. The van der Waals surface area contributed by atoms with E-state index in [4.69, 9.17) is 0 Å². The lowest BCUT2D eigenvalue weighted by molar-refractivity contribution is 0.0954. The van der Waals surface area contributed by atoms with Crippen molar-refractivity contribution in [3.8, 4) is 5.69 Å². The second-order valence-electron chi connectivity index (χ2n) is 7.50. The van der Waals surface area contributed by atoms with Gasteiger partial charge in [-0.3, -0.25) is 4.79 Å². The minimum atomic E-state index is -0.324. The lowest BCUT2D eigenvalue weighted by Crippen LogP contribution is -2.18. The number of hydrazone groups is 1. The summed E-state index contributed by atoms with van der Waals surface area (Å²) >= 11 is 0. The van der Waals surface area contributed by atoms with Crippen LogP contribution in [0.4, 0.5) is 4.39 Å². The average molecular weight is 442 g/mol. The average Bonchev–Trinajstić information content (AvgIpc) is 3.38. The summed E-state index contributed by atoms with van der Waals surface area (Å²) in [7, 11) is 0. The summed E-state index contributed by atoms with van der Waals surface area (Å²) in [5.41, 5.74) is 7.26. The molecular weight excluding hydrogens is 419 g/mol. The van der Waals surface area contributed by atoms with Gasteiger partial charge in [0.2, 0.25) is 0 Å². The number of carbonyl (C=O) groups excluding carboxylic acids is 1. The van der Waals surface area contributed by atoms with Crippen LogP contribution in [0.25, 0.3) is 11.8 Å². The number of aryl methyl sites for hydroxylation is 1. The molecule has 2 aromatic carbocycles. The van der Waals surface area contributed by atoms with Crippen molar-refractivity contribution in [2.24, 2.45) is 5.10 Å². The highest BCUT2D eigenvalue weighted by atomic mass is 19.1. The predicted molar refractivity (Wildman–Crippen MR) is 126 cm³/mol. The summed E-state index contributed by atoms with van der Waals surface area (Å²) in [5, 5.41) is 12.2. The number of carbonyl (C=O) groups is 1. The van der Waals surface area contributed by atoms with Gasteiger partial charge in [0.05, 0.1) is 18.3 Å². The van der Waals surface area contributed by atoms with Gasteiger partial charge in [-0.25, -0.2) is 14.5 Å². The molecule has 0 radical (unpaired) electrons. The van der Waals surface area contributed by atoms with Crippen molar-refractivity contribution in [3.05, 3.63) is 107 Å². The molecule has 0 unspecified atom stereocenters. The zero-order valence-corrected chi connectivity index (χ0v) is 18.3. The van der Waals surface area contributed by atoms with Crippen LogP contribution in [-0.2, 0) is 6.54 Å². The molecule has 0 saturated heterocycles. The molecule has 0 spiro atoms. The molecular formula is C25H23FN6O. The van der Waals surface area contributed by atoms with E-state index in [-0.39, 0.29) is 11.7 Å². The molecule has 0 aliphatic heterocycles. The maximum absolute atomic E-state index is 13.2. The number of nitrogens with one attached hydrogen (secondary N) is 1. The Morgan fingerprint density at radius 1 is 1.12 bits per heavy atom. The smallest absolute Gasteiger partial charge is 0.273 e. The van der Waals surface area contributed by atoms with Crippen LogP contribution in [0.1, 0.15) is 33.0 Å². The Labute approximate surface area is 190 Å². The summed E-state index contributed by atoms with van der Waals surface area (Å²) in [5.74, 6) is -0.629. The first-order valence-corrected chi connectivity index (χ1v) is 10.4. The molecule has 2 heterocycles. The van der Waals surface area contributed by atoms with Gasteiger partial charge in [-0.15, -0.1) is 5.10 Å². The van der Waals surface area contributed by atoms with Crippen molar-refractivity contribution in [1.82, 2.24) is 25.0 Å². The van der Waals surface area contributed by atoms with E-state index in [0.29, 0.717) is 17.8 Å². The van der Waals surface area contributed by atoms with Crippen molar-refractivity contribution >= 4 is 18.2 Å². The molecule has 1 N–H and O–H groups in total. The second kappa shape index (κ2) is 9.86. The van der Waals surface area contributed by atoms with Crippen molar-refractivity contribution in [3.63, 3.8) is 0 Å². The molecule has 0 bridgehead atoms. The molecule has 33 heavy (non-hydrogen) atoms. The Morgan fingerprint density at radius 2 is 1.88 bits per heavy atom. The van der Waals surface area contributed by atoms with E-state index >= 15 is 0 Å². The fraction of sp³-hybridized carbons (Fsp3) is 0.120. The standard InChI is InChI=1S/C25H23FN6O/c1-18-15-24(19(2)32(18)23-12-10-21(26)11-13-23)25(33)29-27-14-6-9-22-17-31(30-28-22)16-20-7-4-3-5-8-20/h3-15,17H,16H2,1-2H3,(H,29,33)/b9-6+,27-14+. The number of benzene rings is 2. The number of rotatable bonds is 7. The van der Waals surface area contributed by atoms with Crippen LogP contribution < -0.4 is 5.43 Å². The first kappa shape index (κ1) is 21.9. The van der Waals surface area contributed by atoms with Crippen molar-refractivity contribution in [1.29, 1.82) is 0 Å². The highest BCUT2D eigenvalue weighted by molar-refractivity contribution is 5.96. The third kappa shape index (κ3) is 5.30. The first-order valence-electron chi connectivity index (χ1n) is 10.4. The number of amides is 1. The van der Waals surface area contributed by atoms with Gasteiger partial charge < -0.3 is 4.57 Å². The van der Waals surface area contributed by atoms with Crippen LogP contribution in [-0.4, -0.2) is 31.7 Å². The van der Waals surface area contributed by atoms with Crippen LogP contribution in [0.5, 0.6) is 0 Å². The van der Waals surface area contributed by atoms with Crippen LogP contribution in [0.2, 0.25) is 0 Å². The predicted octanol–water partition coefficient (Wildman–Crippen LogP) is 4.30. The summed E-state index contributed by atoms with van der Waals surface area (Å²) in [6.45, 7) is 4.37. The fourth-order valence-electron chi connectivity index (χ4n) is 3.56. The Hall–Kier alpha value is -4.33. The van der Waals surface area contributed by atoms with Gasteiger partial charge in [0.15, 0.2) is 0 Å². The van der Waals surface area contributed by atoms with Crippen LogP contribution in [0.15, 0.2) is 78.0 Å². The normalized spacial score (nSPS) is 11.5. The zero-order chi connectivity index (χ0) is 23.2. The molecule has 2 aromatic heterocycles. The molecule has 0 aliphatic rings. The van der Waals surface area contributed by atoms with Crippen LogP contribution in [0, 0.1) is 19.7 Å². The minimum absolute atomic E-state index is 0.305. The molecule has 8 heteroatoms. The molecule has 7 nitrogen and oxygen atoms in total. The van der Waals surface area contributed by atoms with Crippen molar-refractivity contribution < 1.29 is 9.18 Å². The Balaban J connectivity index is 1.35. The lowest BCUT2D eigenvalue weighted by Gasteiger charge is -2.09. The van der Waals surface area contributed by atoms with Gasteiger partial charge in [-0.1, -0.05) is 35.5 Å². The highest BCUT2D eigenvalue weighted by Gasteiger charge is 2.16. The summed E-state index contributed by atoms with van der Waals surface area (Å²) in [6.07, 6.45) is 6.75. The molecule has 0 saturated carbocycles. The molecule has 4 aromatic rings. The van der Waals surface area contributed by atoms with Crippen LogP contribution in [0.3, 0.4) is 0 Å². The maximum atomic E-state index is 13.2. The highest BCUT2D eigenvalue weighted by Crippen LogP contribution is 2.21. The number of hydrogen-bond donors (Lipinski definition) is 1. The number of halogens is 1. The topological polar surface area (TPSA) is 77.1 Å². The summed E-state index contributed by atoms with van der Waals surface area (Å²) in [6, 6.07) is 17.9. The number of hydrogen-bond acceptors (Lipinski definition) is 4. The number of aromatic nitrogens is 4. The molecule has 4 rings (SSSR count). The van der Waals surface area contributed by atoms with Crippen molar-refractivity contribution in [2.75, 3.05) is 0 Å². The van der Waals surface area contributed by atoms with Gasteiger partial charge in [-0.2, -0.15) is 5.10 Å². The number of allylic oxidation sites excluding steroid dienone is 1. The molecule has 1 amide bonds. The van der Waals surface area contributed by atoms with E-state index in [9.17, 15) is 9.18 Å². The Kier molecular flexibility index (Phi) is 6.54. The van der Waals surface area contributed by atoms with Gasteiger partial charge >= 0.3 is 0 Å². The Morgan fingerprint density at radius 3 is 2.64 bits per heavy atom. The SMILES string of the molecule is Cc1cc(C(=O)N/N=C/C=C/c2cn(Cc3ccccc3)nn2)c(C)n1-c1ccc(F)cc1. The Bertz CT molecular complexity index is 1300. The molecule has 0 aliphatic carbocycles. The maximum Gasteiger partial charge on any atom is 0.273 e. The monoisotopic (exact) mass is 442 g/mol. The van der Waals surface area contributed by atoms with E-state index < -0.39 is 0 Å². The van der Waals surface area contributed by atoms with E-state index in [1.807, 2.05) is 54.9 Å². The molecule has 166 valence electrons. The van der Waals surface area contributed by atoms with Gasteiger partial charge in [0.25, 0.3) is 5.91 Å². The zero-order valence-electron chi connectivity index (χ0n) is 18.3. The lowest BCUT2D eigenvalue weighted by atomic mass is 10.2. The van der Waals surface area contributed by atoms with Gasteiger partial charge in [0.1, 0.15) is 11.5 Å². The van der Waals surface area contributed by atoms with Gasteiger partial charge in [0, 0.05) is 23.3 Å². The number of nitrogens with zero attached hydrogens (tertiary/aromatic N) is 5. The van der Waals surface area contributed by atoms with Crippen molar-refractivity contribution in [2.45, 2.75) is 20.4 Å². The van der Waals surface area contributed by atoms with Crippen LogP contribution >= 0.6 is 0 Å². The first-order chi connectivity index (χ1) is 16.0. The summed E-state index contributed by atoms with van der Waals surface area (Å²) < 4.78 is 16.9. The molecule has 0 fully saturated rings. The van der Waals surface area contributed by atoms with E-state index in [0.717, 1.165) is 22.6 Å². The minimum Gasteiger partial charge on any atom is -0.318 e. The quantitative estimate of drug-likeness (QED) is 0.342. The van der Waals surface area contributed by atoms with E-state index in [1.54, 1.807) is 35.0 Å². The third-order valence-electron chi connectivity index (χ3n) is 5.10. The van der Waals surface area contributed by atoms with E-state index in [2.05, 4.69) is 20.8 Å². The van der Waals surface area contributed by atoms with Gasteiger partial charge in [-0.05, 0) is 61.9 Å². The molecule has 0 atom stereocenters.